The van der Waals surface area contributed by atoms with E-state index in [9.17, 15) is 9.59 Å². The van der Waals surface area contributed by atoms with Crippen LogP contribution < -0.4 is 11.1 Å². The Hall–Kier alpha value is -3.63. The zero-order chi connectivity index (χ0) is 25.6. The van der Waals surface area contributed by atoms with Crippen molar-refractivity contribution in [2.24, 2.45) is 0 Å². The Kier molecular flexibility index (Phi) is 8.31. The maximum Gasteiger partial charge on any atom is 0.515 e. The molecule has 0 aliphatic heterocycles. The van der Waals surface area contributed by atoms with E-state index in [1.165, 1.54) is 11.3 Å². The van der Waals surface area contributed by atoms with E-state index in [0.29, 0.717) is 29.2 Å². The van der Waals surface area contributed by atoms with Crippen molar-refractivity contribution < 1.29 is 14.3 Å². The van der Waals surface area contributed by atoms with Crippen LogP contribution in [0.25, 0.3) is 16.0 Å². The van der Waals surface area contributed by atoms with Crippen LogP contribution in [-0.4, -0.2) is 17.5 Å². The van der Waals surface area contributed by atoms with Crippen molar-refractivity contribution in [1.82, 2.24) is 0 Å². The summed E-state index contributed by atoms with van der Waals surface area (Å²) in [6.45, 7) is 9.86. The van der Waals surface area contributed by atoms with Crippen molar-refractivity contribution >= 4 is 34.6 Å². The van der Waals surface area contributed by atoms with Crippen molar-refractivity contribution in [3.05, 3.63) is 74.3 Å². The van der Waals surface area contributed by atoms with Crippen LogP contribution in [0, 0.1) is 13.0 Å². The van der Waals surface area contributed by atoms with Gasteiger partial charge in [0, 0.05) is 21.8 Å². The first-order valence-electron chi connectivity index (χ1n) is 11.6. The van der Waals surface area contributed by atoms with Gasteiger partial charge in [0.1, 0.15) is 16.0 Å². The Labute approximate surface area is 210 Å². The zero-order valence-electron chi connectivity index (χ0n) is 20.9. The summed E-state index contributed by atoms with van der Waals surface area (Å²) in [4.78, 5) is 29.8. The molecule has 3 aromatic rings. The van der Waals surface area contributed by atoms with Crippen LogP contribution in [0.3, 0.4) is 0 Å². The minimum atomic E-state index is -0.585. The van der Waals surface area contributed by atoms with E-state index in [2.05, 4.69) is 16.2 Å². The molecular formula is C28H32N3O3S+. The molecule has 1 amide bonds. The van der Waals surface area contributed by atoms with Gasteiger partial charge >= 0.3 is 17.9 Å². The van der Waals surface area contributed by atoms with Crippen LogP contribution in [0.15, 0.2) is 48.5 Å². The molecule has 182 valence electrons. The Morgan fingerprint density at radius 1 is 1.11 bits per heavy atom. The monoisotopic (exact) mass is 490 g/mol. The smallest absolute Gasteiger partial charge is 0.456 e. The number of nitrogens with zero attached hydrogens (tertiary/aromatic N) is 1. The van der Waals surface area contributed by atoms with E-state index in [1.54, 1.807) is 0 Å². The summed E-state index contributed by atoms with van der Waals surface area (Å²) in [5, 5.41) is 3.32. The number of carbonyl (C=O) groups is 2. The molecule has 3 N–H and O–H groups in total. The number of hydrogen-bond acceptors (Lipinski definition) is 6. The molecule has 3 rings (SSSR count). The molecule has 0 atom stereocenters. The van der Waals surface area contributed by atoms with E-state index < -0.39 is 5.60 Å². The number of nitrogen functional groups attached to an aromatic ring is 1. The number of amides is 1. The number of aryl methyl sites for hydroxylation is 1. The Balaban J connectivity index is 1.77. The third-order valence-electron chi connectivity index (χ3n) is 5.14. The number of ether oxygens (including phenoxy) is 1. The van der Waals surface area contributed by atoms with Gasteiger partial charge in [0.05, 0.1) is 17.8 Å². The third-order valence-corrected chi connectivity index (χ3v) is 6.24. The maximum atomic E-state index is 12.7. The van der Waals surface area contributed by atoms with E-state index >= 15 is 0 Å². The van der Waals surface area contributed by atoms with Crippen LogP contribution in [0.1, 0.15) is 66.2 Å². The van der Waals surface area contributed by atoms with Crippen LogP contribution in [0.2, 0.25) is 0 Å². The molecule has 7 heteroatoms. The largest absolute Gasteiger partial charge is 0.515 e. The second-order valence-corrected chi connectivity index (χ2v) is 10.5. The molecule has 0 saturated heterocycles. The average molecular weight is 491 g/mol. The lowest BCUT2D eigenvalue weighted by Gasteiger charge is -2.19. The number of nitrogens with one attached hydrogen (secondary N) is 1. The Morgan fingerprint density at radius 3 is 2.46 bits per heavy atom. The van der Waals surface area contributed by atoms with Crippen molar-refractivity contribution in [1.29, 1.82) is 0 Å². The van der Waals surface area contributed by atoms with Crippen LogP contribution in [0.5, 0.6) is 0 Å². The second kappa shape index (κ2) is 11.2. The molecule has 0 fully saturated rings. The zero-order valence-corrected chi connectivity index (χ0v) is 21.7. The Morgan fingerprint density at radius 2 is 1.80 bits per heavy atom. The summed E-state index contributed by atoms with van der Waals surface area (Å²) in [6.07, 6.45) is 1.18. The van der Waals surface area contributed by atoms with Crippen molar-refractivity contribution in [2.75, 3.05) is 11.1 Å². The van der Waals surface area contributed by atoms with E-state index in [4.69, 9.17) is 10.5 Å². The molecule has 0 aliphatic rings. The number of anilines is 2. The third kappa shape index (κ3) is 6.93. The molecule has 1 aromatic heterocycles. The van der Waals surface area contributed by atoms with Crippen molar-refractivity contribution in [2.45, 2.75) is 59.6 Å². The lowest BCUT2D eigenvalue weighted by molar-refractivity contribution is -0.114. The summed E-state index contributed by atoms with van der Waals surface area (Å²) in [6, 6.07) is 18.7. The molecule has 0 aliphatic carbocycles. The molecule has 1 heterocycles. The quantitative estimate of drug-likeness (QED) is 0.353. The fraction of sp³-hybridized carbons (Fsp3) is 0.321. The molecule has 0 spiro atoms. The van der Waals surface area contributed by atoms with Crippen LogP contribution >= 0.6 is 11.3 Å². The number of nitrogens with two attached hydrogens (primary N) is 1. The van der Waals surface area contributed by atoms with Gasteiger partial charge < -0.3 is 15.8 Å². The molecule has 0 unspecified atom stereocenters. The minimum Gasteiger partial charge on any atom is -0.456 e. The number of esters is 1. The van der Waals surface area contributed by atoms with E-state index in [-0.39, 0.29) is 11.9 Å². The fourth-order valence-corrected chi connectivity index (χ4v) is 4.35. The van der Waals surface area contributed by atoms with Gasteiger partial charge in [-0.1, -0.05) is 49.4 Å². The SMILES string of the molecule is CCCC(=O)[N+]#Cc1ccccc1-c1ccc(CNc2c(C(=O)OC(C)(C)C)sc(C)c2N)cc1. The van der Waals surface area contributed by atoms with Gasteiger partial charge in [0.2, 0.25) is 0 Å². The summed E-state index contributed by atoms with van der Waals surface area (Å²) in [5.74, 6) is -0.551. The summed E-state index contributed by atoms with van der Waals surface area (Å²) >= 11 is 1.33. The number of hydrogen-bond donors (Lipinski definition) is 2. The average Bonchev–Trinajstić information content (AvgIpc) is 3.10. The first-order chi connectivity index (χ1) is 16.6. The number of rotatable bonds is 7. The van der Waals surface area contributed by atoms with E-state index in [1.807, 2.05) is 83.1 Å². The van der Waals surface area contributed by atoms with Gasteiger partial charge in [-0.25, -0.2) is 9.59 Å². The topological polar surface area (TPSA) is 85.8 Å². The number of thiophene rings is 1. The normalized spacial score (nSPS) is 10.9. The highest BCUT2D eigenvalue weighted by Crippen LogP contribution is 2.37. The standard InChI is InChI=1S/C28H31N3O3S/c1-6-9-23(32)30-17-21-10-7-8-11-22(21)20-14-12-19(13-15-20)16-31-25-24(29)18(2)35-26(25)27(33)34-28(3,4)5/h7-8,10-15H,6,9,16,29H2,1-5H3/p+1. The van der Waals surface area contributed by atoms with Gasteiger partial charge in [-0.05, 0) is 51.3 Å². The molecule has 2 aromatic carbocycles. The lowest BCUT2D eigenvalue weighted by Crippen LogP contribution is -2.24. The van der Waals surface area contributed by atoms with Crippen molar-refractivity contribution in [3.8, 4) is 17.2 Å². The molecule has 6 nitrogen and oxygen atoms in total. The molecule has 35 heavy (non-hydrogen) atoms. The predicted octanol–water partition coefficient (Wildman–Crippen LogP) is 6.88. The van der Waals surface area contributed by atoms with Gasteiger partial charge in [-0.2, -0.15) is 0 Å². The number of benzene rings is 2. The maximum absolute atomic E-state index is 12.7. The van der Waals surface area contributed by atoms with Gasteiger partial charge in [-0.3, -0.25) is 0 Å². The molecular weight excluding hydrogens is 458 g/mol. The minimum absolute atomic E-state index is 0.169. The highest BCUT2D eigenvalue weighted by Gasteiger charge is 2.25. The van der Waals surface area contributed by atoms with Crippen LogP contribution in [0.4, 0.5) is 11.4 Å². The first-order valence-corrected chi connectivity index (χ1v) is 12.4. The van der Waals surface area contributed by atoms with Crippen LogP contribution in [-0.2, 0) is 16.1 Å². The van der Waals surface area contributed by atoms with Gasteiger partial charge in [0.15, 0.2) is 0 Å². The predicted molar refractivity (Wildman–Crippen MR) is 144 cm³/mol. The fourth-order valence-electron chi connectivity index (χ4n) is 3.42. The van der Waals surface area contributed by atoms with Crippen molar-refractivity contribution in [3.63, 3.8) is 0 Å². The summed E-state index contributed by atoms with van der Waals surface area (Å²) in [5.41, 5.74) is 10.6. The molecule has 0 saturated carbocycles. The lowest BCUT2D eigenvalue weighted by atomic mass is 9.99. The Bertz CT molecular complexity index is 1280. The summed E-state index contributed by atoms with van der Waals surface area (Å²) < 4.78 is 5.55. The second-order valence-electron chi connectivity index (χ2n) is 9.24. The highest BCUT2D eigenvalue weighted by atomic mass is 32.1. The van der Waals surface area contributed by atoms with E-state index in [0.717, 1.165) is 33.6 Å². The number of carbonyl (C=O) groups excluding carboxylic acids is 2. The first kappa shape index (κ1) is 26.0. The van der Waals surface area contributed by atoms with Gasteiger partial charge in [-0.15, -0.1) is 11.3 Å². The van der Waals surface area contributed by atoms with Gasteiger partial charge in [0.25, 0.3) is 0 Å². The highest BCUT2D eigenvalue weighted by molar-refractivity contribution is 7.15. The molecule has 0 radical (unpaired) electrons. The summed E-state index contributed by atoms with van der Waals surface area (Å²) in [7, 11) is 0. The molecule has 0 bridgehead atoms.